The smallest absolute Gasteiger partial charge is 0.262 e. The van der Waals surface area contributed by atoms with Gasteiger partial charge in [-0.3, -0.25) is 9.52 Å². The van der Waals surface area contributed by atoms with Gasteiger partial charge in [-0.15, -0.1) is 0 Å². The van der Waals surface area contributed by atoms with Gasteiger partial charge in [0.05, 0.1) is 4.90 Å². The minimum absolute atomic E-state index is 0.0848. The van der Waals surface area contributed by atoms with Crippen LogP contribution < -0.4 is 10.0 Å². The van der Waals surface area contributed by atoms with Crippen LogP contribution in [-0.4, -0.2) is 14.3 Å². The first kappa shape index (κ1) is 20.6. The lowest BCUT2D eigenvalue weighted by molar-refractivity contribution is 0.0950. The maximum atomic E-state index is 12.9. The maximum Gasteiger partial charge on any atom is 0.262 e. The Morgan fingerprint density at radius 3 is 2.24 bits per heavy atom. The maximum absolute atomic E-state index is 12.9. The lowest BCUT2D eigenvalue weighted by Gasteiger charge is -2.13. The molecule has 0 unspecified atom stereocenters. The van der Waals surface area contributed by atoms with E-state index in [1.807, 2.05) is 50.2 Å². The van der Waals surface area contributed by atoms with Gasteiger partial charge in [0.2, 0.25) is 0 Å². The molecule has 0 aliphatic heterocycles. The lowest BCUT2D eigenvalue weighted by Crippen LogP contribution is -2.24. The van der Waals surface area contributed by atoms with Crippen LogP contribution >= 0.6 is 0 Å². The fourth-order valence-electron chi connectivity index (χ4n) is 2.95. The Labute approximate surface area is 171 Å². The van der Waals surface area contributed by atoms with Crippen LogP contribution in [0.15, 0.2) is 71.6 Å². The van der Waals surface area contributed by atoms with Gasteiger partial charge in [-0.1, -0.05) is 48.0 Å². The first-order valence-corrected chi connectivity index (χ1v) is 10.8. The molecule has 0 radical (unpaired) electrons. The van der Waals surface area contributed by atoms with Gasteiger partial charge in [0.1, 0.15) is 0 Å². The first-order chi connectivity index (χ1) is 13.8. The van der Waals surface area contributed by atoms with Crippen molar-refractivity contribution in [2.45, 2.75) is 32.2 Å². The molecule has 3 aromatic rings. The zero-order chi connectivity index (χ0) is 21.0. The molecule has 2 N–H and O–H groups in total. The summed E-state index contributed by atoms with van der Waals surface area (Å²) >= 11 is 0. The second-order valence-corrected chi connectivity index (χ2v) is 8.71. The molecular formula is C23H24N2O3S. The van der Waals surface area contributed by atoms with Crippen molar-refractivity contribution >= 4 is 21.6 Å². The van der Waals surface area contributed by atoms with Crippen molar-refractivity contribution in [3.05, 3.63) is 94.5 Å². The normalized spacial score (nSPS) is 11.1. The van der Waals surface area contributed by atoms with E-state index in [0.29, 0.717) is 23.4 Å². The van der Waals surface area contributed by atoms with E-state index in [1.165, 1.54) is 6.07 Å². The molecule has 6 heteroatoms. The lowest BCUT2D eigenvalue weighted by atomic mass is 10.1. The molecule has 0 fully saturated rings. The number of amides is 1. The van der Waals surface area contributed by atoms with E-state index >= 15 is 0 Å². The van der Waals surface area contributed by atoms with E-state index in [2.05, 4.69) is 10.0 Å². The first-order valence-electron chi connectivity index (χ1n) is 9.29. The largest absolute Gasteiger partial charge is 0.348 e. The SMILES string of the molecule is Cc1ccc(NS(=O)(=O)c2cc(C(=O)NCc3ccccc3C)ccc2C)cc1. The number of hydrogen-bond acceptors (Lipinski definition) is 3. The summed E-state index contributed by atoms with van der Waals surface area (Å²) in [6, 6.07) is 19.6. The molecule has 0 spiro atoms. The van der Waals surface area contributed by atoms with E-state index in [9.17, 15) is 13.2 Å². The molecule has 0 atom stereocenters. The average molecular weight is 409 g/mol. The minimum Gasteiger partial charge on any atom is -0.348 e. The number of hydrogen-bond donors (Lipinski definition) is 2. The number of rotatable bonds is 6. The Kier molecular flexibility index (Phi) is 6.03. The van der Waals surface area contributed by atoms with Crippen molar-refractivity contribution in [1.82, 2.24) is 5.32 Å². The van der Waals surface area contributed by atoms with Gasteiger partial charge in [0.15, 0.2) is 0 Å². The second kappa shape index (κ2) is 8.49. The van der Waals surface area contributed by atoms with Crippen LogP contribution in [0.1, 0.15) is 32.6 Å². The Hall–Kier alpha value is -3.12. The van der Waals surface area contributed by atoms with Gasteiger partial charge in [0, 0.05) is 17.8 Å². The molecule has 3 rings (SSSR count). The van der Waals surface area contributed by atoms with Gasteiger partial charge in [-0.25, -0.2) is 8.42 Å². The molecule has 0 heterocycles. The molecule has 0 saturated carbocycles. The zero-order valence-electron chi connectivity index (χ0n) is 16.7. The van der Waals surface area contributed by atoms with Crippen LogP contribution in [0.25, 0.3) is 0 Å². The summed E-state index contributed by atoms with van der Waals surface area (Å²) in [7, 11) is -3.82. The summed E-state index contributed by atoms with van der Waals surface area (Å²) in [5, 5.41) is 2.86. The Balaban J connectivity index is 1.80. The monoisotopic (exact) mass is 408 g/mol. The third-order valence-electron chi connectivity index (χ3n) is 4.74. The van der Waals surface area contributed by atoms with Crippen LogP contribution in [0.5, 0.6) is 0 Å². The quantitative estimate of drug-likeness (QED) is 0.637. The van der Waals surface area contributed by atoms with E-state index in [4.69, 9.17) is 0 Å². The molecule has 1 amide bonds. The Morgan fingerprint density at radius 2 is 1.55 bits per heavy atom. The highest BCUT2D eigenvalue weighted by atomic mass is 32.2. The summed E-state index contributed by atoms with van der Waals surface area (Å²) in [5.74, 6) is -0.319. The molecule has 0 aliphatic carbocycles. The Bertz CT molecular complexity index is 1140. The van der Waals surface area contributed by atoms with E-state index in [-0.39, 0.29) is 10.8 Å². The van der Waals surface area contributed by atoms with Crippen molar-refractivity contribution in [3.63, 3.8) is 0 Å². The number of carbonyl (C=O) groups is 1. The van der Waals surface area contributed by atoms with E-state index in [0.717, 1.165) is 16.7 Å². The summed E-state index contributed by atoms with van der Waals surface area (Å²) in [6.07, 6.45) is 0. The molecule has 0 aromatic heterocycles. The van der Waals surface area contributed by atoms with E-state index < -0.39 is 10.0 Å². The van der Waals surface area contributed by atoms with Crippen LogP contribution in [-0.2, 0) is 16.6 Å². The van der Waals surface area contributed by atoms with Crippen LogP contribution in [0.3, 0.4) is 0 Å². The summed E-state index contributed by atoms with van der Waals surface area (Å²) in [6.45, 7) is 6.00. The molecule has 0 aliphatic rings. The number of nitrogens with one attached hydrogen (secondary N) is 2. The second-order valence-electron chi connectivity index (χ2n) is 7.06. The predicted octanol–water partition coefficient (Wildman–Crippen LogP) is 4.34. The van der Waals surface area contributed by atoms with Gasteiger partial charge in [0.25, 0.3) is 15.9 Å². The van der Waals surface area contributed by atoms with Gasteiger partial charge < -0.3 is 5.32 Å². The van der Waals surface area contributed by atoms with Gasteiger partial charge >= 0.3 is 0 Å². The number of sulfonamides is 1. The van der Waals surface area contributed by atoms with Gasteiger partial charge in [-0.2, -0.15) is 0 Å². The van der Waals surface area contributed by atoms with Crippen molar-refractivity contribution < 1.29 is 13.2 Å². The number of anilines is 1. The van der Waals surface area contributed by atoms with Crippen LogP contribution in [0, 0.1) is 20.8 Å². The van der Waals surface area contributed by atoms with Crippen LogP contribution in [0.2, 0.25) is 0 Å². The summed E-state index contributed by atoms with van der Waals surface area (Å²) in [4.78, 5) is 12.7. The minimum atomic E-state index is -3.82. The molecular weight excluding hydrogens is 384 g/mol. The average Bonchev–Trinajstić information content (AvgIpc) is 2.69. The zero-order valence-corrected chi connectivity index (χ0v) is 17.5. The molecule has 150 valence electrons. The van der Waals surface area contributed by atoms with Gasteiger partial charge in [-0.05, 0) is 61.7 Å². The highest BCUT2D eigenvalue weighted by Gasteiger charge is 2.19. The van der Waals surface area contributed by atoms with Crippen molar-refractivity contribution in [2.24, 2.45) is 0 Å². The number of aryl methyl sites for hydroxylation is 3. The standard InChI is InChI=1S/C23H24N2O3S/c1-16-8-12-21(13-9-16)25-29(27,28)22-14-19(11-10-18(22)3)23(26)24-15-20-7-5-4-6-17(20)2/h4-14,25H,15H2,1-3H3,(H,24,26). The molecule has 5 nitrogen and oxygen atoms in total. The fourth-order valence-corrected chi connectivity index (χ4v) is 4.28. The van der Waals surface area contributed by atoms with Crippen molar-refractivity contribution in [3.8, 4) is 0 Å². The third kappa shape index (κ3) is 5.03. The van der Waals surface area contributed by atoms with Crippen LogP contribution in [0.4, 0.5) is 5.69 Å². The third-order valence-corrected chi connectivity index (χ3v) is 6.27. The Morgan fingerprint density at radius 1 is 0.862 bits per heavy atom. The van der Waals surface area contributed by atoms with Crippen molar-refractivity contribution in [1.29, 1.82) is 0 Å². The topological polar surface area (TPSA) is 75.3 Å². The number of carbonyl (C=O) groups excluding carboxylic acids is 1. The van der Waals surface area contributed by atoms with Crippen molar-refractivity contribution in [2.75, 3.05) is 4.72 Å². The molecule has 0 saturated heterocycles. The molecule has 3 aromatic carbocycles. The van der Waals surface area contributed by atoms with E-state index in [1.54, 1.807) is 31.2 Å². The number of benzene rings is 3. The highest BCUT2D eigenvalue weighted by Crippen LogP contribution is 2.21. The predicted molar refractivity (Wildman–Crippen MR) is 116 cm³/mol. The highest BCUT2D eigenvalue weighted by molar-refractivity contribution is 7.92. The molecule has 0 bridgehead atoms. The summed E-state index contributed by atoms with van der Waals surface area (Å²) in [5.41, 5.74) is 4.48. The summed E-state index contributed by atoms with van der Waals surface area (Å²) < 4.78 is 28.3. The molecule has 29 heavy (non-hydrogen) atoms. The fraction of sp³-hybridized carbons (Fsp3) is 0.174.